The molecule has 1 aliphatic rings. The highest BCUT2D eigenvalue weighted by Gasteiger charge is 2.22. The summed E-state index contributed by atoms with van der Waals surface area (Å²) in [4.78, 5) is 30.2. The zero-order valence-electron chi connectivity index (χ0n) is 14.7. The fourth-order valence-corrected chi connectivity index (χ4v) is 3.45. The maximum Gasteiger partial charge on any atom is 0.407 e. The quantitative estimate of drug-likeness (QED) is 0.827. The third kappa shape index (κ3) is 4.41. The number of anilines is 1. The van der Waals surface area contributed by atoms with Crippen molar-refractivity contribution in [3.8, 4) is 0 Å². The number of primary amides is 1. The normalized spacial score (nSPS) is 15.2. The van der Waals surface area contributed by atoms with E-state index < -0.39 is 12.0 Å². The Labute approximate surface area is 152 Å². The van der Waals surface area contributed by atoms with Crippen LogP contribution in [-0.2, 0) is 4.79 Å². The fraction of sp³-hybridized carbons (Fsp3) is 0.421. The van der Waals surface area contributed by atoms with Crippen molar-refractivity contribution < 1.29 is 14.7 Å². The summed E-state index contributed by atoms with van der Waals surface area (Å²) < 4.78 is 0. The number of para-hydroxylation sites is 1. The number of carbonyl (C=O) groups excluding carboxylic acids is 1. The molecule has 138 valence electrons. The second-order valence-electron chi connectivity index (χ2n) is 6.75. The smallest absolute Gasteiger partial charge is 0.407 e. The van der Waals surface area contributed by atoms with E-state index in [-0.39, 0.29) is 6.54 Å². The van der Waals surface area contributed by atoms with Crippen LogP contribution in [0.25, 0.3) is 10.9 Å². The molecule has 0 aliphatic carbocycles. The number of piperidine rings is 1. The van der Waals surface area contributed by atoms with E-state index in [2.05, 4.69) is 23.1 Å². The van der Waals surface area contributed by atoms with Crippen LogP contribution in [0.2, 0.25) is 0 Å². The van der Waals surface area contributed by atoms with Crippen molar-refractivity contribution in [2.24, 2.45) is 11.7 Å². The van der Waals surface area contributed by atoms with Crippen molar-refractivity contribution in [3.63, 3.8) is 0 Å². The Bertz CT molecular complexity index is 787. The molecule has 1 aromatic heterocycles. The lowest BCUT2D eigenvalue weighted by Gasteiger charge is -2.33. The van der Waals surface area contributed by atoms with Gasteiger partial charge < -0.3 is 15.7 Å². The minimum Gasteiger partial charge on any atom is -0.465 e. The lowest BCUT2D eigenvalue weighted by Crippen LogP contribution is -2.40. The summed E-state index contributed by atoms with van der Waals surface area (Å²) in [6.45, 7) is 1.91. The SMILES string of the molecule is NC(=O)CN(CCC1CCN(c2ccc3ccccc3n2)CC1)C(=O)O. The Kier molecular flexibility index (Phi) is 5.55. The first-order valence-electron chi connectivity index (χ1n) is 8.90. The average molecular weight is 356 g/mol. The number of carbonyl (C=O) groups is 2. The maximum absolute atomic E-state index is 11.2. The fourth-order valence-electron chi connectivity index (χ4n) is 3.45. The van der Waals surface area contributed by atoms with Crippen molar-refractivity contribution in [1.82, 2.24) is 9.88 Å². The van der Waals surface area contributed by atoms with Gasteiger partial charge in [-0.15, -0.1) is 0 Å². The second kappa shape index (κ2) is 8.03. The lowest BCUT2D eigenvalue weighted by molar-refractivity contribution is -0.118. The van der Waals surface area contributed by atoms with Gasteiger partial charge in [-0.05, 0) is 43.4 Å². The Hall–Kier alpha value is -2.83. The zero-order valence-corrected chi connectivity index (χ0v) is 14.7. The van der Waals surface area contributed by atoms with Crippen LogP contribution in [0, 0.1) is 5.92 Å². The summed E-state index contributed by atoms with van der Waals surface area (Å²) in [6, 6.07) is 12.2. The van der Waals surface area contributed by atoms with E-state index in [0.717, 1.165) is 54.0 Å². The van der Waals surface area contributed by atoms with Gasteiger partial charge >= 0.3 is 6.09 Å². The van der Waals surface area contributed by atoms with E-state index in [4.69, 9.17) is 15.8 Å². The lowest BCUT2D eigenvalue weighted by atomic mass is 9.93. The number of hydrogen-bond donors (Lipinski definition) is 2. The number of pyridine rings is 1. The highest BCUT2D eigenvalue weighted by molar-refractivity contribution is 5.80. The summed E-state index contributed by atoms with van der Waals surface area (Å²) in [5.74, 6) is 0.814. The van der Waals surface area contributed by atoms with Gasteiger partial charge in [0.05, 0.1) is 5.52 Å². The van der Waals surface area contributed by atoms with Gasteiger partial charge in [-0.2, -0.15) is 0 Å². The number of amides is 2. The van der Waals surface area contributed by atoms with E-state index in [1.165, 1.54) is 0 Å². The van der Waals surface area contributed by atoms with Crippen molar-refractivity contribution in [2.45, 2.75) is 19.3 Å². The second-order valence-corrected chi connectivity index (χ2v) is 6.75. The minimum absolute atomic E-state index is 0.241. The van der Waals surface area contributed by atoms with E-state index in [0.29, 0.717) is 12.5 Å². The highest BCUT2D eigenvalue weighted by atomic mass is 16.4. The van der Waals surface area contributed by atoms with Crippen molar-refractivity contribution in [3.05, 3.63) is 36.4 Å². The molecule has 1 aliphatic heterocycles. The molecule has 7 heteroatoms. The maximum atomic E-state index is 11.2. The van der Waals surface area contributed by atoms with Gasteiger partial charge in [-0.3, -0.25) is 9.69 Å². The molecule has 2 amide bonds. The number of aromatic nitrogens is 1. The molecule has 0 unspecified atom stereocenters. The molecular weight excluding hydrogens is 332 g/mol. The van der Waals surface area contributed by atoms with Gasteiger partial charge in [0.1, 0.15) is 12.4 Å². The molecule has 0 radical (unpaired) electrons. The topological polar surface area (TPSA) is 99.8 Å². The Balaban J connectivity index is 1.53. The minimum atomic E-state index is -1.10. The Morgan fingerprint density at radius 1 is 1.19 bits per heavy atom. The van der Waals surface area contributed by atoms with Crippen LogP contribution in [0.3, 0.4) is 0 Å². The van der Waals surface area contributed by atoms with Gasteiger partial charge in [-0.25, -0.2) is 9.78 Å². The van der Waals surface area contributed by atoms with Gasteiger partial charge in [0.25, 0.3) is 0 Å². The van der Waals surface area contributed by atoms with Gasteiger partial charge in [-0.1, -0.05) is 18.2 Å². The molecular formula is C19H24N4O3. The van der Waals surface area contributed by atoms with E-state index in [1.54, 1.807) is 0 Å². The number of benzene rings is 1. The summed E-state index contributed by atoms with van der Waals surface area (Å²) >= 11 is 0. The molecule has 2 aromatic rings. The van der Waals surface area contributed by atoms with Crippen LogP contribution >= 0.6 is 0 Å². The highest BCUT2D eigenvalue weighted by Crippen LogP contribution is 2.25. The summed E-state index contributed by atoms with van der Waals surface area (Å²) in [5.41, 5.74) is 6.10. The Morgan fingerprint density at radius 3 is 2.62 bits per heavy atom. The van der Waals surface area contributed by atoms with Crippen LogP contribution in [0.4, 0.5) is 10.6 Å². The molecule has 3 rings (SSSR count). The summed E-state index contributed by atoms with van der Waals surface area (Å²) in [5, 5.41) is 10.3. The van der Waals surface area contributed by atoms with Crippen molar-refractivity contribution in [1.29, 1.82) is 0 Å². The first kappa shape index (κ1) is 18.0. The van der Waals surface area contributed by atoms with Crippen molar-refractivity contribution in [2.75, 3.05) is 31.1 Å². The number of nitrogens with zero attached hydrogens (tertiary/aromatic N) is 3. The van der Waals surface area contributed by atoms with Gasteiger partial charge in [0.15, 0.2) is 0 Å². The summed E-state index contributed by atoms with van der Waals surface area (Å²) in [6.07, 6.45) is 1.62. The molecule has 0 spiro atoms. The molecule has 26 heavy (non-hydrogen) atoms. The zero-order chi connectivity index (χ0) is 18.5. The number of fused-ring (bicyclic) bond motifs is 1. The molecule has 7 nitrogen and oxygen atoms in total. The molecule has 0 atom stereocenters. The van der Waals surface area contributed by atoms with Crippen LogP contribution in [0.1, 0.15) is 19.3 Å². The van der Waals surface area contributed by atoms with Crippen LogP contribution in [0.5, 0.6) is 0 Å². The summed E-state index contributed by atoms with van der Waals surface area (Å²) in [7, 11) is 0. The first-order valence-corrected chi connectivity index (χ1v) is 8.90. The van der Waals surface area contributed by atoms with E-state index in [9.17, 15) is 9.59 Å². The van der Waals surface area contributed by atoms with E-state index >= 15 is 0 Å². The standard InChI is InChI=1S/C19H24N4O3/c20-17(24)13-23(19(25)26)12-9-14-7-10-22(11-8-14)18-6-5-15-3-1-2-4-16(15)21-18/h1-6,14H,7-13H2,(H2,20,24)(H,25,26). The first-order chi connectivity index (χ1) is 12.5. The van der Waals surface area contributed by atoms with E-state index in [1.807, 2.05) is 18.2 Å². The molecule has 0 saturated carbocycles. The van der Waals surface area contributed by atoms with Gasteiger partial charge in [0, 0.05) is 25.0 Å². The van der Waals surface area contributed by atoms with Crippen molar-refractivity contribution >= 4 is 28.7 Å². The third-order valence-electron chi connectivity index (χ3n) is 4.95. The van der Waals surface area contributed by atoms with Crippen LogP contribution in [0.15, 0.2) is 36.4 Å². The average Bonchev–Trinajstić information content (AvgIpc) is 2.64. The number of rotatable bonds is 6. The number of carboxylic acid groups (broad SMARTS) is 1. The molecule has 0 bridgehead atoms. The molecule has 1 aromatic carbocycles. The largest absolute Gasteiger partial charge is 0.465 e. The molecule has 2 heterocycles. The van der Waals surface area contributed by atoms with Crippen LogP contribution < -0.4 is 10.6 Å². The molecule has 1 saturated heterocycles. The number of hydrogen-bond acceptors (Lipinski definition) is 4. The number of nitrogens with two attached hydrogens (primary N) is 1. The van der Waals surface area contributed by atoms with Gasteiger partial charge in [0.2, 0.25) is 5.91 Å². The molecule has 3 N–H and O–H groups in total. The molecule has 1 fully saturated rings. The Morgan fingerprint density at radius 2 is 1.92 bits per heavy atom. The predicted octanol–water partition coefficient (Wildman–Crippen LogP) is 2.31. The third-order valence-corrected chi connectivity index (χ3v) is 4.95. The predicted molar refractivity (Wildman–Crippen MR) is 100 cm³/mol. The monoisotopic (exact) mass is 356 g/mol. The van der Waals surface area contributed by atoms with Crippen LogP contribution in [-0.4, -0.2) is 53.2 Å².